The first-order valence-corrected chi connectivity index (χ1v) is 30.1. The van der Waals surface area contributed by atoms with Gasteiger partial charge in [0, 0.05) is 39.3 Å². The van der Waals surface area contributed by atoms with Crippen LogP contribution >= 0.6 is 0 Å². The van der Waals surface area contributed by atoms with E-state index in [4.69, 9.17) is 0 Å². The summed E-state index contributed by atoms with van der Waals surface area (Å²) < 4.78 is 0. The second kappa shape index (κ2) is 18.3. The molecule has 1 atom stereocenters. The number of para-hydroxylation sites is 3. The minimum absolute atomic E-state index is 0.115. The summed E-state index contributed by atoms with van der Waals surface area (Å²) in [4.78, 5) is 5.12. The van der Waals surface area contributed by atoms with Crippen molar-refractivity contribution in [2.75, 3.05) is 9.80 Å². The van der Waals surface area contributed by atoms with Crippen molar-refractivity contribution in [3.05, 3.63) is 300 Å². The quantitative estimate of drug-likeness (QED) is 0.142. The van der Waals surface area contributed by atoms with Gasteiger partial charge >= 0.3 is 0 Å². The van der Waals surface area contributed by atoms with Crippen LogP contribution < -0.4 is 9.80 Å². The second-order valence-electron chi connectivity index (χ2n) is 25.2. The molecule has 2 heteroatoms. The molecule has 0 saturated heterocycles. The third-order valence-electron chi connectivity index (χ3n) is 20.6. The van der Waals surface area contributed by atoms with Gasteiger partial charge in [-0.1, -0.05) is 202 Å². The number of hydrogen-bond acceptors (Lipinski definition) is 2. The van der Waals surface area contributed by atoms with Gasteiger partial charge in [-0.3, -0.25) is 0 Å². The average molecular weight is 1050 g/mol. The van der Waals surface area contributed by atoms with Gasteiger partial charge in [0.15, 0.2) is 0 Å². The van der Waals surface area contributed by atoms with E-state index < -0.39 is 5.41 Å². The van der Waals surface area contributed by atoms with Crippen molar-refractivity contribution in [1.29, 1.82) is 0 Å². The van der Waals surface area contributed by atoms with Gasteiger partial charge < -0.3 is 9.80 Å². The number of anilines is 6. The van der Waals surface area contributed by atoms with Crippen LogP contribution in [-0.4, -0.2) is 0 Å². The molecule has 7 aliphatic rings. The molecule has 0 aromatic heterocycles. The van der Waals surface area contributed by atoms with Gasteiger partial charge in [0.05, 0.1) is 16.8 Å². The van der Waals surface area contributed by atoms with Gasteiger partial charge in [-0.05, 0) is 218 Å². The zero-order valence-corrected chi connectivity index (χ0v) is 46.6. The maximum Gasteiger partial charge on any atom is 0.0727 e. The van der Waals surface area contributed by atoms with E-state index in [0.29, 0.717) is 5.92 Å². The average Bonchev–Trinajstić information content (AvgIpc) is 2.43. The molecular formula is C80H64N2. The summed E-state index contributed by atoms with van der Waals surface area (Å²) in [7, 11) is 0. The van der Waals surface area contributed by atoms with Gasteiger partial charge in [0.1, 0.15) is 0 Å². The monoisotopic (exact) mass is 1050 g/mol. The summed E-state index contributed by atoms with van der Waals surface area (Å²) >= 11 is 0. The van der Waals surface area contributed by atoms with E-state index in [2.05, 4.69) is 285 Å². The molecule has 0 aliphatic heterocycles. The summed E-state index contributed by atoms with van der Waals surface area (Å²) in [6.45, 7) is 4.79. The third-order valence-corrected chi connectivity index (χ3v) is 20.6. The predicted molar refractivity (Wildman–Crippen MR) is 340 cm³/mol. The Morgan fingerprint density at radius 3 is 1.24 bits per heavy atom. The smallest absolute Gasteiger partial charge is 0.0727 e. The van der Waals surface area contributed by atoms with Crippen LogP contribution in [0.4, 0.5) is 34.1 Å². The molecule has 0 N–H and O–H groups in total. The van der Waals surface area contributed by atoms with Crippen molar-refractivity contribution >= 4 is 34.1 Å². The van der Waals surface area contributed by atoms with E-state index in [1.54, 1.807) is 5.56 Å². The van der Waals surface area contributed by atoms with Crippen LogP contribution in [0.15, 0.2) is 261 Å². The van der Waals surface area contributed by atoms with Gasteiger partial charge in [-0.15, -0.1) is 0 Å². The molecule has 4 bridgehead atoms. The number of benzene rings is 11. The van der Waals surface area contributed by atoms with E-state index in [9.17, 15) is 0 Å². The van der Waals surface area contributed by atoms with Gasteiger partial charge in [-0.25, -0.2) is 0 Å². The Bertz CT molecular complexity index is 4260. The highest BCUT2D eigenvalue weighted by Crippen LogP contribution is 2.67. The molecule has 394 valence electrons. The highest BCUT2D eigenvalue weighted by Gasteiger charge is 2.54. The maximum atomic E-state index is 2.68. The Labute approximate surface area is 483 Å². The fraction of sp³-hybridized carbons (Fsp3) is 0.175. The van der Waals surface area contributed by atoms with Crippen molar-refractivity contribution in [3.63, 3.8) is 0 Å². The molecule has 18 rings (SSSR count). The fourth-order valence-corrected chi connectivity index (χ4v) is 17.5. The molecule has 11 aromatic rings. The first-order chi connectivity index (χ1) is 40.4. The molecule has 0 heterocycles. The van der Waals surface area contributed by atoms with Crippen LogP contribution in [0, 0.1) is 23.7 Å². The number of hydrogen-bond donors (Lipinski definition) is 0. The Hall–Kier alpha value is -8.98. The fourth-order valence-electron chi connectivity index (χ4n) is 17.5. The molecular weight excluding hydrogens is 989 g/mol. The lowest BCUT2D eigenvalue weighted by molar-refractivity contribution is -0.00260. The van der Waals surface area contributed by atoms with E-state index >= 15 is 0 Å². The minimum Gasteiger partial charge on any atom is -0.310 e. The molecule has 7 aliphatic carbocycles. The summed E-state index contributed by atoms with van der Waals surface area (Å²) in [5, 5.41) is 0. The molecule has 2 nitrogen and oxygen atoms in total. The molecule has 4 saturated carbocycles. The minimum atomic E-state index is -0.668. The van der Waals surface area contributed by atoms with Crippen molar-refractivity contribution in [3.8, 4) is 55.6 Å². The molecule has 0 amide bonds. The Morgan fingerprint density at radius 1 is 0.293 bits per heavy atom. The summed E-state index contributed by atoms with van der Waals surface area (Å²) in [5.41, 5.74) is 28.6. The van der Waals surface area contributed by atoms with Crippen LogP contribution in [0.2, 0.25) is 0 Å². The molecule has 82 heavy (non-hydrogen) atoms. The highest BCUT2D eigenvalue weighted by molar-refractivity contribution is 6.03. The van der Waals surface area contributed by atoms with Crippen molar-refractivity contribution in [1.82, 2.24) is 0 Å². The van der Waals surface area contributed by atoms with Crippen LogP contribution in [-0.2, 0) is 10.8 Å². The van der Waals surface area contributed by atoms with E-state index in [0.717, 1.165) is 46.4 Å². The molecule has 1 unspecified atom stereocenters. The standard InChI is InChI=1S/C80H64N2/c1-79(2)70-36-20-17-32-61(70)66-46-59(39-40-71(66)79)82(58-29-13-6-14-30-58)77-50-75-68(48-69(77)60-31-15-16-35-64(60)78-54-42-51-41-52(44-54)45-55(78)43-51)63-34-19-22-38-73(63)80(75)72-37-21-18-33-62(72)67-47-65(53-23-7-3-8-24-53)76(49-74(67)80)81(56-25-9-4-10-26-56)57-27-11-5-12-28-57/h3-40,46-52,54-55,78H,41-45H2,1-2H3. The van der Waals surface area contributed by atoms with E-state index in [-0.39, 0.29) is 5.41 Å². The lowest BCUT2D eigenvalue weighted by Gasteiger charge is -2.55. The van der Waals surface area contributed by atoms with Crippen molar-refractivity contribution in [2.24, 2.45) is 23.7 Å². The largest absolute Gasteiger partial charge is 0.310 e. The maximum absolute atomic E-state index is 2.68. The normalized spacial score (nSPS) is 21.3. The summed E-state index contributed by atoms with van der Waals surface area (Å²) in [5.74, 6) is 3.81. The van der Waals surface area contributed by atoms with Gasteiger partial charge in [-0.2, -0.15) is 0 Å². The molecule has 0 radical (unpaired) electrons. The van der Waals surface area contributed by atoms with Crippen LogP contribution in [0.25, 0.3) is 55.6 Å². The second-order valence-corrected chi connectivity index (χ2v) is 25.2. The molecule has 4 fully saturated rings. The Kier molecular flexibility index (Phi) is 10.6. The summed E-state index contributed by atoms with van der Waals surface area (Å²) in [6.07, 6.45) is 6.95. The zero-order valence-electron chi connectivity index (χ0n) is 46.6. The SMILES string of the molecule is CC1(C)c2ccccc2-c2cc(N(c3ccccc3)c3cc4c(cc3-c3ccccc3C3C5CC6CC(C5)CC3C6)-c3ccccc3C43c4ccccc4-c4cc(-c5ccccc5)c(N(c5ccccc5)c5ccccc5)cc43)ccc21. The first-order valence-electron chi connectivity index (χ1n) is 30.1. The first kappa shape index (κ1) is 47.8. The molecule has 11 aromatic carbocycles. The number of nitrogens with zero attached hydrogens (tertiary/aromatic N) is 2. The number of fused-ring (bicyclic) bond motifs is 13. The number of rotatable bonds is 9. The lowest BCUT2D eigenvalue weighted by atomic mass is 9.50. The Morgan fingerprint density at radius 2 is 0.695 bits per heavy atom. The van der Waals surface area contributed by atoms with Crippen LogP contribution in [0.1, 0.15) is 90.8 Å². The van der Waals surface area contributed by atoms with Crippen LogP contribution in [0.5, 0.6) is 0 Å². The van der Waals surface area contributed by atoms with Gasteiger partial charge in [0.25, 0.3) is 0 Å². The van der Waals surface area contributed by atoms with E-state index in [1.165, 1.54) is 132 Å². The topological polar surface area (TPSA) is 6.48 Å². The lowest BCUT2D eigenvalue weighted by Crippen LogP contribution is -2.43. The van der Waals surface area contributed by atoms with E-state index in [1.807, 2.05) is 0 Å². The predicted octanol–water partition coefficient (Wildman–Crippen LogP) is 21.1. The van der Waals surface area contributed by atoms with Crippen molar-refractivity contribution in [2.45, 2.75) is 62.7 Å². The Balaban J connectivity index is 0.982. The van der Waals surface area contributed by atoms with Crippen molar-refractivity contribution < 1.29 is 0 Å². The summed E-state index contributed by atoms with van der Waals surface area (Å²) in [6, 6.07) is 99.7. The third kappa shape index (κ3) is 6.94. The van der Waals surface area contributed by atoms with Gasteiger partial charge in [0.2, 0.25) is 0 Å². The van der Waals surface area contributed by atoms with Crippen LogP contribution in [0.3, 0.4) is 0 Å². The zero-order chi connectivity index (χ0) is 54.3. The molecule has 1 spiro atoms. The highest BCUT2D eigenvalue weighted by atomic mass is 15.2.